The highest BCUT2D eigenvalue weighted by Crippen LogP contribution is 2.28. The smallest absolute Gasteiger partial charge is 0.255 e. The van der Waals surface area contributed by atoms with Crippen LogP contribution in [0.25, 0.3) is 0 Å². The maximum absolute atomic E-state index is 13.3. The van der Waals surface area contributed by atoms with Crippen LogP contribution in [0.2, 0.25) is 0 Å². The first-order chi connectivity index (χ1) is 16.7. The summed E-state index contributed by atoms with van der Waals surface area (Å²) >= 11 is 0. The van der Waals surface area contributed by atoms with Crippen molar-refractivity contribution in [3.05, 3.63) is 53.1 Å². The summed E-state index contributed by atoms with van der Waals surface area (Å²) in [5.74, 6) is -0.293. The van der Waals surface area contributed by atoms with Crippen LogP contribution in [0.3, 0.4) is 0 Å². The fraction of sp³-hybridized carbons (Fsp3) is 0.519. The van der Waals surface area contributed by atoms with E-state index >= 15 is 0 Å². The molecular formula is C27H38N4O3S. The van der Waals surface area contributed by atoms with Gasteiger partial charge in [-0.1, -0.05) is 19.4 Å². The molecule has 2 fully saturated rings. The lowest BCUT2D eigenvalue weighted by Gasteiger charge is -2.35. The van der Waals surface area contributed by atoms with Crippen molar-refractivity contribution in [1.29, 1.82) is 0 Å². The molecule has 35 heavy (non-hydrogen) atoms. The number of amides is 1. The molecule has 8 heteroatoms. The number of nitrogens with zero attached hydrogens (tertiary/aromatic N) is 3. The Balaban J connectivity index is 1.51. The number of aryl methyl sites for hydroxylation is 2. The second kappa shape index (κ2) is 10.7. The molecule has 0 bridgehead atoms. The van der Waals surface area contributed by atoms with E-state index in [4.69, 9.17) is 0 Å². The van der Waals surface area contributed by atoms with Crippen LogP contribution in [0.15, 0.2) is 41.3 Å². The number of benzene rings is 2. The van der Waals surface area contributed by atoms with E-state index < -0.39 is 10.0 Å². The normalized spacial score (nSPS) is 20.1. The van der Waals surface area contributed by atoms with Crippen molar-refractivity contribution in [2.45, 2.75) is 57.9 Å². The van der Waals surface area contributed by atoms with Gasteiger partial charge in [-0.25, -0.2) is 8.42 Å². The van der Waals surface area contributed by atoms with E-state index in [1.54, 1.807) is 16.4 Å². The van der Waals surface area contributed by atoms with Crippen molar-refractivity contribution in [1.82, 2.24) is 9.21 Å². The number of piperazine rings is 1. The Hall–Kier alpha value is -2.42. The third kappa shape index (κ3) is 5.55. The van der Waals surface area contributed by atoms with Crippen molar-refractivity contribution < 1.29 is 13.2 Å². The van der Waals surface area contributed by atoms with Crippen molar-refractivity contribution in [2.75, 3.05) is 49.5 Å². The molecule has 0 radical (unpaired) electrons. The standard InChI is InChI=1S/C27H38N4O3S/c1-5-29-14-16-30(17-15-29)23-10-12-26(21(3)18-23)28-27(32)25-19-24(11-9-20(25)2)35(33,34)31-13-7-6-8-22(31)4/h9-12,18-19,22H,5-8,13-17H2,1-4H3,(H,28,32). The largest absolute Gasteiger partial charge is 0.369 e. The lowest BCUT2D eigenvalue weighted by atomic mass is 10.1. The molecule has 4 rings (SSSR count). The van der Waals surface area contributed by atoms with Crippen LogP contribution >= 0.6 is 0 Å². The summed E-state index contributed by atoms with van der Waals surface area (Å²) in [5, 5.41) is 3.01. The van der Waals surface area contributed by atoms with Gasteiger partial charge in [0.15, 0.2) is 0 Å². The Morgan fingerprint density at radius 3 is 2.37 bits per heavy atom. The minimum atomic E-state index is -3.64. The molecule has 0 saturated carbocycles. The molecule has 2 saturated heterocycles. The lowest BCUT2D eigenvalue weighted by Crippen LogP contribution is -2.46. The minimum Gasteiger partial charge on any atom is -0.369 e. The van der Waals surface area contributed by atoms with Gasteiger partial charge in [0.25, 0.3) is 5.91 Å². The number of sulfonamides is 1. The second-order valence-corrected chi connectivity index (χ2v) is 11.7. The number of likely N-dealkylation sites (N-methyl/N-ethyl adjacent to an activating group) is 1. The summed E-state index contributed by atoms with van der Waals surface area (Å²) < 4.78 is 28.2. The van der Waals surface area contributed by atoms with Crippen LogP contribution in [0.5, 0.6) is 0 Å². The van der Waals surface area contributed by atoms with E-state index in [-0.39, 0.29) is 16.8 Å². The third-order valence-electron chi connectivity index (χ3n) is 7.45. The van der Waals surface area contributed by atoms with Gasteiger partial charge in [0.2, 0.25) is 10.0 Å². The van der Waals surface area contributed by atoms with Crippen molar-refractivity contribution in [3.63, 3.8) is 0 Å². The first-order valence-electron chi connectivity index (χ1n) is 12.7. The molecule has 2 heterocycles. The average Bonchev–Trinajstić information content (AvgIpc) is 2.85. The van der Waals surface area contributed by atoms with Crippen LogP contribution in [0, 0.1) is 13.8 Å². The number of carbonyl (C=O) groups is 1. The Morgan fingerprint density at radius 2 is 1.71 bits per heavy atom. The van der Waals surface area contributed by atoms with E-state index in [1.807, 2.05) is 26.8 Å². The highest BCUT2D eigenvalue weighted by atomic mass is 32.2. The predicted octanol–water partition coefficient (Wildman–Crippen LogP) is 4.26. The summed E-state index contributed by atoms with van der Waals surface area (Å²) in [6.07, 6.45) is 2.77. The van der Waals surface area contributed by atoms with Crippen LogP contribution in [-0.2, 0) is 10.0 Å². The van der Waals surface area contributed by atoms with Crippen molar-refractivity contribution in [3.8, 4) is 0 Å². The molecule has 190 valence electrons. The van der Waals surface area contributed by atoms with E-state index in [1.165, 1.54) is 6.07 Å². The zero-order chi connectivity index (χ0) is 25.2. The molecule has 1 atom stereocenters. The highest BCUT2D eigenvalue weighted by Gasteiger charge is 2.31. The first kappa shape index (κ1) is 25.7. The van der Waals surface area contributed by atoms with E-state index in [0.717, 1.165) is 74.5 Å². The van der Waals surface area contributed by atoms with Gasteiger partial charge in [0.05, 0.1) is 4.90 Å². The van der Waals surface area contributed by atoms with Crippen molar-refractivity contribution >= 4 is 27.3 Å². The van der Waals surface area contributed by atoms with Crippen LogP contribution in [0.4, 0.5) is 11.4 Å². The van der Waals surface area contributed by atoms with Crippen LogP contribution in [-0.4, -0.2) is 68.8 Å². The Morgan fingerprint density at radius 1 is 0.971 bits per heavy atom. The summed E-state index contributed by atoms with van der Waals surface area (Å²) in [7, 11) is -3.64. The second-order valence-electron chi connectivity index (χ2n) is 9.81. The van der Waals surface area contributed by atoms with Gasteiger partial charge < -0.3 is 15.1 Å². The Bertz CT molecular complexity index is 1170. The van der Waals surface area contributed by atoms with Crippen molar-refractivity contribution in [2.24, 2.45) is 0 Å². The zero-order valence-electron chi connectivity index (χ0n) is 21.4. The Kier molecular flexibility index (Phi) is 7.83. The molecular weight excluding hydrogens is 460 g/mol. The van der Waals surface area contributed by atoms with Gasteiger partial charge in [-0.05, 0) is 81.6 Å². The number of rotatable bonds is 6. The number of carbonyl (C=O) groups excluding carboxylic acids is 1. The molecule has 0 aromatic heterocycles. The molecule has 2 aliphatic heterocycles. The van der Waals surface area contributed by atoms with Gasteiger partial charge in [-0.2, -0.15) is 4.31 Å². The maximum Gasteiger partial charge on any atom is 0.255 e. The van der Waals surface area contributed by atoms with Gasteiger partial charge in [0.1, 0.15) is 0 Å². The quantitative estimate of drug-likeness (QED) is 0.644. The molecule has 1 N–H and O–H groups in total. The molecule has 2 aromatic rings. The van der Waals surface area contributed by atoms with E-state index in [2.05, 4.69) is 34.2 Å². The molecule has 0 aliphatic carbocycles. The monoisotopic (exact) mass is 498 g/mol. The Labute approximate surface area is 210 Å². The first-order valence-corrected chi connectivity index (χ1v) is 14.2. The van der Waals surface area contributed by atoms with Gasteiger partial charge in [-0.15, -0.1) is 0 Å². The van der Waals surface area contributed by atoms with Gasteiger partial charge in [0, 0.05) is 55.7 Å². The fourth-order valence-electron chi connectivity index (χ4n) is 5.07. The number of hydrogen-bond donors (Lipinski definition) is 1. The summed E-state index contributed by atoms with van der Waals surface area (Å²) in [4.78, 5) is 18.2. The molecule has 2 aromatic carbocycles. The number of anilines is 2. The minimum absolute atomic E-state index is 0.0292. The fourth-order valence-corrected chi connectivity index (χ4v) is 6.79. The van der Waals surface area contributed by atoms with Crippen LogP contribution < -0.4 is 10.2 Å². The topological polar surface area (TPSA) is 73.0 Å². The third-order valence-corrected chi connectivity index (χ3v) is 9.45. The average molecular weight is 499 g/mol. The molecule has 1 amide bonds. The van der Waals surface area contributed by atoms with Gasteiger partial charge >= 0.3 is 0 Å². The highest BCUT2D eigenvalue weighted by molar-refractivity contribution is 7.89. The van der Waals surface area contributed by atoms with Gasteiger partial charge in [-0.3, -0.25) is 4.79 Å². The maximum atomic E-state index is 13.3. The van der Waals surface area contributed by atoms with Crippen LogP contribution in [0.1, 0.15) is 54.6 Å². The predicted molar refractivity (Wildman–Crippen MR) is 142 cm³/mol. The van der Waals surface area contributed by atoms with E-state index in [0.29, 0.717) is 12.1 Å². The van der Waals surface area contributed by atoms with E-state index in [9.17, 15) is 13.2 Å². The number of piperidine rings is 1. The SMILES string of the molecule is CCN1CCN(c2ccc(NC(=O)c3cc(S(=O)(=O)N4CCCCC4C)ccc3C)c(C)c2)CC1. The zero-order valence-corrected chi connectivity index (χ0v) is 22.2. The molecule has 1 unspecified atom stereocenters. The summed E-state index contributed by atoms with van der Waals surface area (Å²) in [5.41, 5.74) is 4.02. The molecule has 0 spiro atoms. The summed E-state index contributed by atoms with van der Waals surface area (Å²) in [6, 6.07) is 10.9. The summed E-state index contributed by atoms with van der Waals surface area (Å²) in [6.45, 7) is 13.7. The lowest BCUT2D eigenvalue weighted by molar-refractivity contribution is 0.102. The molecule has 7 nitrogen and oxygen atoms in total. The number of hydrogen-bond acceptors (Lipinski definition) is 5. The molecule has 2 aliphatic rings. The number of nitrogens with one attached hydrogen (secondary N) is 1.